The standard InChI is InChI=1S/C13H15Cl2NO/c1-7(2)12-6-10(17)4-8-3-9(14)5-11(15)13(8)16-12/h3,5,10,12,16-17H,1,4,6H2,2H3/t10-,12+/m1/s1. The first-order chi connectivity index (χ1) is 7.97. The van der Waals surface area contributed by atoms with Crippen molar-refractivity contribution in [1.29, 1.82) is 0 Å². The fourth-order valence-electron chi connectivity index (χ4n) is 2.12. The average molecular weight is 272 g/mol. The first kappa shape index (κ1) is 12.7. The molecule has 0 aromatic heterocycles. The smallest absolute Gasteiger partial charge is 0.0655 e. The van der Waals surface area contributed by atoms with E-state index in [4.69, 9.17) is 23.2 Å². The fraction of sp³-hybridized carbons (Fsp3) is 0.385. The number of benzene rings is 1. The lowest BCUT2D eigenvalue weighted by molar-refractivity contribution is 0.164. The molecule has 1 heterocycles. The molecule has 0 unspecified atom stereocenters. The van der Waals surface area contributed by atoms with Crippen LogP contribution in [0.2, 0.25) is 10.0 Å². The van der Waals surface area contributed by atoms with Crippen LogP contribution in [0.15, 0.2) is 24.3 Å². The number of aliphatic hydroxyl groups excluding tert-OH is 1. The number of anilines is 1. The van der Waals surface area contributed by atoms with Crippen LogP contribution in [0.25, 0.3) is 0 Å². The number of fused-ring (bicyclic) bond motifs is 1. The van der Waals surface area contributed by atoms with Crippen molar-refractivity contribution in [2.24, 2.45) is 0 Å². The Labute approximate surface area is 111 Å². The number of rotatable bonds is 1. The number of nitrogens with one attached hydrogen (secondary N) is 1. The van der Waals surface area contributed by atoms with Gasteiger partial charge >= 0.3 is 0 Å². The minimum atomic E-state index is -0.403. The van der Waals surface area contributed by atoms with Crippen molar-refractivity contribution in [2.45, 2.75) is 31.9 Å². The molecule has 1 aliphatic rings. The van der Waals surface area contributed by atoms with Crippen molar-refractivity contribution in [3.63, 3.8) is 0 Å². The molecule has 0 radical (unpaired) electrons. The molecule has 0 spiro atoms. The third kappa shape index (κ3) is 2.76. The summed E-state index contributed by atoms with van der Waals surface area (Å²) >= 11 is 12.1. The summed E-state index contributed by atoms with van der Waals surface area (Å²) < 4.78 is 0. The van der Waals surface area contributed by atoms with Crippen LogP contribution < -0.4 is 5.32 Å². The van der Waals surface area contributed by atoms with Crippen LogP contribution in [0.3, 0.4) is 0 Å². The Kier molecular flexibility index (Phi) is 3.67. The minimum Gasteiger partial charge on any atom is -0.393 e. The quantitative estimate of drug-likeness (QED) is 0.765. The second-order valence-electron chi connectivity index (χ2n) is 4.56. The SMILES string of the molecule is C=C(C)[C@@H]1C[C@H](O)Cc2cc(Cl)cc(Cl)c2N1. The van der Waals surface area contributed by atoms with E-state index < -0.39 is 6.10 Å². The van der Waals surface area contributed by atoms with Crippen LogP contribution >= 0.6 is 23.2 Å². The van der Waals surface area contributed by atoms with E-state index in [9.17, 15) is 5.11 Å². The first-order valence-corrected chi connectivity index (χ1v) is 6.31. The molecule has 2 N–H and O–H groups in total. The summed E-state index contributed by atoms with van der Waals surface area (Å²) in [6.45, 7) is 5.88. The monoisotopic (exact) mass is 271 g/mol. The molecule has 1 aromatic carbocycles. The molecule has 0 saturated carbocycles. The van der Waals surface area contributed by atoms with E-state index in [1.165, 1.54) is 0 Å². The highest BCUT2D eigenvalue weighted by Crippen LogP contribution is 2.35. The summed E-state index contributed by atoms with van der Waals surface area (Å²) in [5.41, 5.74) is 2.81. The van der Waals surface area contributed by atoms with Gasteiger partial charge in [-0.15, -0.1) is 0 Å². The van der Waals surface area contributed by atoms with Crippen LogP contribution in [-0.2, 0) is 6.42 Å². The van der Waals surface area contributed by atoms with Gasteiger partial charge < -0.3 is 10.4 Å². The lowest BCUT2D eigenvalue weighted by Crippen LogP contribution is -2.24. The Morgan fingerprint density at radius 3 is 2.82 bits per heavy atom. The highest BCUT2D eigenvalue weighted by atomic mass is 35.5. The summed E-state index contributed by atoms with van der Waals surface area (Å²) in [7, 11) is 0. The van der Waals surface area contributed by atoms with Gasteiger partial charge in [-0.05, 0) is 31.0 Å². The topological polar surface area (TPSA) is 32.3 Å². The highest BCUT2D eigenvalue weighted by Gasteiger charge is 2.23. The molecule has 0 saturated heterocycles. The summed E-state index contributed by atoms with van der Waals surface area (Å²) in [6, 6.07) is 3.60. The molecule has 92 valence electrons. The number of aliphatic hydroxyl groups is 1. The molecule has 4 heteroatoms. The molecule has 2 rings (SSSR count). The number of hydrogen-bond acceptors (Lipinski definition) is 2. The largest absolute Gasteiger partial charge is 0.393 e. The zero-order valence-electron chi connectivity index (χ0n) is 9.63. The summed E-state index contributed by atoms with van der Waals surface area (Å²) in [6.07, 6.45) is 0.796. The maximum atomic E-state index is 9.97. The van der Waals surface area contributed by atoms with Gasteiger partial charge in [0.25, 0.3) is 0 Å². The second-order valence-corrected chi connectivity index (χ2v) is 5.40. The van der Waals surface area contributed by atoms with E-state index >= 15 is 0 Å². The zero-order valence-corrected chi connectivity index (χ0v) is 11.1. The highest BCUT2D eigenvalue weighted by molar-refractivity contribution is 6.36. The van der Waals surface area contributed by atoms with Crippen molar-refractivity contribution >= 4 is 28.9 Å². The average Bonchev–Trinajstić information content (AvgIpc) is 2.36. The van der Waals surface area contributed by atoms with E-state index in [0.29, 0.717) is 22.9 Å². The summed E-state index contributed by atoms with van der Waals surface area (Å²) in [4.78, 5) is 0. The molecular formula is C13H15Cl2NO. The molecular weight excluding hydrogens is 257 g/mol. The van der Waals surface area contributed by atoms with Crippen LogP contribution in [0, 0.1) is 0 Å². The molecule has 0 bridgehead atoms. The van der Waals surface area contributed by atoms with Gasteiger partial charge in [-0.1, -0.05) is 35.4 Å². The molecule has 0 fully saturated rings. The second kappa shape index (κ2) is 4.89. The van der Waals surface area contributed by atoms with Crippen LogP contribution in [-0.4, -0.2) is 17.3 Å². The van der Waals surface area contributed by atoms with E-state index in [1.54, 1.807) is 6.07 Å². The lowest BCUT2D eigenvalue weighted by atomic mass is 10.0. The maximum Gasteiger partial charge on any atom is 0.0655 e. The predicted molar refractivity (Wildman–Crippen MR) is 73.0 cm³/mol. The fourth-order valence-corrected chi connectivity index (χ4v) is 2.71. The molecule has 0 aliphatic carbocycles. The van der Waals surface area contributed by atoms with Crippen LogP contribution in [0.4, 0.5) is 5.69 Å². The molecule has 17 heavy (non-hydrogen) atoms. The molecule has 0 amide bonds. The van der Waals surface area contributed by atoms with E-state index in [1.807, 2.05) is 13.0 Å². The molecule has 2 nitrogen and oxygen atoms in total. The number of halogens is 2. The van der Waals surface area contributed by atoms with Crippen molar-refractivity contribution in [3.8, 4) is 0 Å². The van der Waals surface area contributed by atoms with Gasteiger partial charge in [0, 0.05) is 17.5 Å². The molecule has 1 aromatic rings. The van der Waals surface area contributed by atoms with Crippen molar-refractivity contribution in [3.05, 3.63) is 39.9 Å². The van der Waals surface area contributed by atoms with Gasteiger partial charge in [0.15, 0.2) is 0 Å². The third-order valence-electron chi connectivity index (χ3n) is 3.01. The Bertz CT molecular complexity index is 459. The van der Waals surface area contributed by atoms with Gasteiger partial charge in [0.1, 0.15) is 0 Å². The van der Waals surface area contributed by atoms with Crippen LogP contribution in [0.1, 0.15) is 18.9 Å². The number of hydrogen-bond donors (Lipinski definition) is 2. The predicted octanol–water partition coefficient (Wildman–Crippen LogP) is 3.66. The molecule has 2 atom stereocenters. The van der Waals surface area contributed by atoms with Gasteiger partial charge in [0.05, 0.1) is 16.8 Å². The Balaban J connectivity index is 2.44. The van der Waals surface area contributed by atoms with E-state index in [-0.39, 0.29) is 6.04 Å². The van der Waals surface area contributed by atoms with E-state index in [2.05, 4.69) is 11.9 Å². The third-order valence-corrected chi connectivity index (χ3v) is 3.53. The van der Waals surface area contributed by atoms with Crippen molar-refractivity contribution < 1.29 is 5.11 Å². The summed E-state index contributed by atoms with van der Waals surface area (Å²) in [5, 5.41) is 14.5. The van der Waals surface area contributed by atoms with Gasteiger partial charge in [-0.3, -0.25) is 0 Å². The minimum absolute atomic E-state index is 0.0462. The first-order valence-electron chi connectivity index (χ1n) is 5.55. The van der Waals surface area contributed by atoms with Gasteiger partial charge in [-0.25, -0.2) is 0 Å². The van der Waals surface area contributed by atoms with Crippen molar-refractivity contribution in [1.82, 2.24) is 0 Å². The summed E-state index contributed by atoms with van der Waals surface area (Å²) in [5.74, 6) is 0. The maximum absolute atomic E-state index is 9.97. The van der Waals surface area contributed by atoms with Gasteiger partial charge in [-0.2, -0.15) is 0 Å². The normalized spacial score (nSPS) is 23.5. The van der Waals surface area contributed by atoms with E-state index in [0.717, 1.165) is 16.8 Å². The van der Waals surface area contributed by atoms with Gasteiger partial charge in [0.2, 0.25) is 0 Å². The van der Waals surface area contributed by atoms with Crippen molar-refractivity contribution in [2.75, 3.05) is 5.32 Å². The van der Waals surface area contributed by atoms with Crippen LogP contribution in [0.5, 0.6) is 0 Å². The Hall–Kier alpha value is -0.700. The Morgan fingerprint density at radius 2 is 2.18 bits per heavy atom. The lowest BCUT2D eigenvalue weighted by Gasteiger charge is -2.19. The zero-order chi connectivity index (χ0) is 12.6. The molecule has 1 aliphatic heterocycles. The Morgan fingerprint density at radius 1 is 1.47 bits per heavy atom.